The number of hydrogen-bond acceptors (Lipinski definition) is 3. The minimum Gasteiger partial charge on any atom is -0.435 e. The van der Waals surface area contributed by atoms with Crippen molar-refractivity contribution in [3.05, 3.63) is 23.8 Å². The highest BCUT2D eigenvalue weighted by atomic mass is 35.5. The van der Waals surface area contributed by atoms with Gasteiger partial charge in [-0.1, -0.05) is 12.8 Å². The topological polar surface area (TPSA) is 55.6 Å². The number of nitrogens with zero attached hydrogens (tertiary/aromatic N) is 1. The second kappa shape index (κ2) is 10.5. The first kappa shape index (κ1) is 20.6. The Bertz CT molecular complexity index is 529. The molecule has 4 nitrogen and oxygen atoms in total. The molecule has 0 radical (unpaired) electrons. The predicted octanol–water partition coefficient (Wildman–Crippen LogP) is 3.90. The van der Waals surface area contributed by atoms with Crippen LogP contribution in [0.2, 0.25) is 0 Å². The Hall–Kier alpha value is -1.40. The molecule has 0 spiro atoms. The molecule has 0 bridgehead atoms. The summed E-state index contributed by atoms with van der Waals surface area (Å²) in [6, 6.07) is 4.82. The van der Waals surface area contributed by atoms with Crippen molar-refractivity contribution >= 4 is 24.0 Å². The van der Waals surface area contributed by atoms with E-state index in [1.807, 2.05) is 0 Å². The molecule has 1 aromatic carbocycles. The van der Waals surface area contributed by atoms with Crippen LogP contribution in [0.25, 0.3) is 0 Å². The molecule has 7 heteroatoms. The first-order chi connectivity index (χ1) is 11.1. The Kier molecular flexibility index (Phi) is 9.00. The maximum Gasteiger partial charge on any atom is 0.387 e. The SMILES string of the molecule is Cl.NCCCCCCC(=O)N1CCCc2cc(OC(F)F)ccc21. The molecule has 1 aromatic rings. The fourth-order valence-corrected chi connectivity index (χ4v) is 2.92. The lowest BCUT2D eigenvalue weighted by molar-refractivity contribution is -0.118. The van der Waals surface area contributed by atoms with Gasteiger partial charge in [-0.25, -0.2) is 0 Å². The van der Waals surface area contributed by atoms with Crippen LogP contribution in [0, 0.1) is 0 Å². The number of carbonyl (C=O) groups is 1. The van der Waals surface area contributed by atoms with Crippen LogP contribution in [0.1, 0.15) is 44.1 Å². The molecule has 1 amide bonds. The third kappa shape index (κ3) is 5.91. The summed E-state index contributed by atoms with van der Waals surface area (Å²) in [5.41, 5.74) is 7.17. The van der Waals surface area contributed by atoms with E-state index >= 15 is 0 Å². The third-order valence-electron chi connectivity index (χ3n) is 4.04. The number of ether oxygens (including phenoxy) is 1. The summed E-state index contributed by atoms with van der Waals surface area (Å²) in [6.45, 7) is -1.46. The molecule has 0 atom stereocenters. The summed E-state index contributed by atoms with van der Waals surface area (Å²) in [6.07, 6.45) is 6.03. The Morgan fingerprint density at radius 3 is 2.71 bits per heavy atom. The zero-order chi connectivity index (χ0) is 16.7. The fourth-order valence-electron chi connectivity index (χ4n) is 2.92. The van der Waals surface area contributed by atoms with Crippen LogP contribution in [0.15, 0.2) is 18.2 Å². The summed E-state index contributed by atoms with van der Waals surface area (Å²) in [7, 11) is 0. The van der Waals surface area contributed by atoms with E-state index < -0.39 is 6.61 Å². The van der Waals surface area contributed by atoms with Crippen LogP contribution < -0.4 is 15.4 Å². The van der Waals surface area contributed by atoms with Crippen LogP contribution in [0.5, 0.6) is 5.75 Å². The van der Waals surface area contributed by atoms with Crippen LogP contribution in [0.3, 0.4) is 0 Å². The number of anilines is 1. The smallest absolute Gasteiger partial charge is 0.387 e. The zero-order valence-corrected chi connectivity index (χ0v) is 14.5. The first-order valence-corrected chi connectivity index (χ1v) is 8.20. The van der Waals surface area contributed by atoms with Crippen molar-refractivity contribution in [2.75, 3.05) is 18.0 Å². The molecule has 136 valence electrons. The van der Waals surface area contributed by atoms with Crippen molar-refractivity contribution < 1.29 is 18.3 Å². The third-order valence-corrected chi connectivity index (χ3v) is 4.04. The largest absolute Gasteiger partial charge is 0.435 e. The molecule has 0 aromatic heterocycles. The van der Waals surface area contributed by atoms with Crippen molar-refractivity contribution in [2.24, 2.45) is 5.73 Å². The van der Waals surface area contributed by atoms with E-state index in [-0.39, 0.29) is 24.1 Å². The van der Waals surface area contributed by atoms with Crippen molar-refractivity contribution in [3.63, 3.8) is 0 Å². The average molecular weight is 363 g/mol. The van der Waals surface area contributed by atoms with Crippen LogP contribution >= 0.6 is 12.4 Å². The Balaban J connectivity index is 0.00000288. The lowest BCUT2D eigenvalue weighted by atomic mass is 10.0. The molecule has 0 aliphatic carbocycles. The number of rotatable bonds is 8. The number of nitrogens with two attached hydrogens (primary N) is 1. The second-order valence-corrected chi connectivity index (χ2v) is 5.77. The number of unbranched alkanes of at least 4 members (excludes halogenated alkanes) is 3. The summed E-state index contributed by atoms with van der Waals surface area (Å²) < 4.78 is 29.0. The van der Waals surface area contributed by atoms with Gasteiger partial charge in [-0.3, -0.25) is 4.79 Å². The molecule has 0 saturated heterocycles. The van der Waals surface area contributed by atoms with Gasteiger partial charge in [-0.05, 0) is 56.0 Å². The average Bonchev–Trinajstić information content (AvgIpc) is 2.53. The van der Waals surface area contributed by atoms with Crippen molar-refractivity contribution in [1.82, 2.24) is 0 Å². The van der Waals surface area contributed by atoms with Gasteiger partial charge in [0.05, 0.1) is 0 Å². The second-order valence-electron chi connectivity index (χ2n) is 5.77. The van der Waals surface area contributed by atoms with Gasteiger partial charge in [0.25, 0.3) is 0 Å². The number of halogens is 3. The summed E-state index contributed by atoms with van der Waals surface area (Å²) in [5, 5.41) is 0. The van der Waals surface area contributed by atoms with Gasteiger partial charge in [0.15, 0.2) is 0 Å². The van der Waals surface area contributed by atoms with Crippen LogP contribution in [0.4, 0.5) is 14.5 Å². The molecular formula is C17H25ClF2N2O2. The Labute approximate surface area is 147 Å². The molecule has 1 aliphatic heterocycles. The van der Waals surface area contributed by atoms with Gasteiger partial charge in [0, 0.05) is 18.7 Å². The standard InChI is InChI=1S/C17H24F2N2O2.ClH/c18-17(19)23-14-8-9-15-13(12-14)6-5-11-21(15)16(22)7-3-1-2-4-10-20;/h8-9,12,17H,1-7,10-11,20H2;1H. The number of hydrogen-bond donors (Lipinski definition) is 1. The molecule has 24 heavy (non-hydrogen) atoms. The Morgan fingerprint density at radius 2 is 2.00 bits per heavy atom. The highest BCUT2D eigenvalue weighted by molar-refractivity contribution is 5.94. The highest BCUT2D eigenvalue weighted by Crippen LogP contribution is 2.31. The number of alkyl halides is 2. The Morgan fingerprint density at radius 1 is 1.25 bits per heavy atom. The van der Waals surface area contributed by atoms with Gasteiger partial charge >= 0.3 is 6.61 Å². The number of amides is 1. The monoisotopic (exact) mass is 362 g/mol. The summed E-state index contributed by atoms with van der Waals surface area (Å²) in [5.74, 6) is 0.246. The van der Waals surface area contributed by atoms with E-state index in [1.165, 1.54) is 6.07 Å². The van der Waals surface area contributed by atoms with Gasteiger partial charge < -0.3 is 15.4 Å². The van der Waals surface area contributed by atoms with E-state index in [9.17, 15) is 13.6 Å². The van der Waals surface area contributed by atoms with Gasteiger partial charge in [0.1, 0.15) is 5.75 Å². The molecule has 2 N–H and O–H groups in total. The lowest BCUT2D eigenvalue weighted by Gasteiger charge is -2.30. The number of carbonyl (C=O) groups excluding carboxylic acids is 1. The maximum atomic E-state index is 12.4. The maximum absolute atomic E-state index is 12.4. The summed E-state index contributed by atoms with van der Waals surface area (Å²) >= 11 is 0. The molecule has 1 heterocycles. The van der Waals surface area contributed by atoms with Crippen molar-refractivity contribution in [3.8, 4) is 5.75 Å². The molecule has 0 fully saturated rings. The van der Waals surface area contributed by atoms with Gasteiger partial charge in [-0.15, -0.1) is 12.4 Å². The number of benzene rings is 1. The predicted molar refractivity (Wildman–Crippen MR) is 93.1 cm³/mol. The zero-order valence-electron chi connectivity index (χ0n) is 13.7. The van der Waals surface area contributed by atoms with Crippen molar-refractivity contribution in [1.29, 1.82) is 0 Å². The number of fused-ring (bicyclic) bond motifs is 1. The fraction of sp³-hybridized carbons (Fsp3) is 0.588. The minimum absolute atomic E-state index is 0. The molecular weight excluding hydrogens is 338 g/mol. The van der Waals surface area contributed by atoms with E-state index in [2.05, 4.69) is 4.74 Å². The van der Waals surface area contributed by atoms with Gasteiger partial charge in [-0.2, -0.15) is 8.78 Å². The normalized spacial score (nSPS) is 13.4. The number of aryl methyl sites for hydroxylation is 1. The minimum atomic E-state index is -2.83. The molecule has 0 unspecified atom stereocenters. The van der Waals surface area contributed by atoms with Gasteiger partial charge in [0.2, 0.25) is 5.91 Å². The highest BCUT2D eigenvalue weighted by Gasteiger charge is 2.22. The van der Waals surface area contributed by atoms with Crippen LogP contribution in [-0.4, -0.2) is 25.6 Å². The van der Waals surface area contributed by atoms with E-state index in [0.29, 0.717) is 19.5 Å². The summed E-state index contributed by atoms with van der Waals surface area (Å²) in [4.78, 5) is 14.2. The lowest BCUT2D eigenvalue weighted by Crippen LogP contribution is -2.35. The quantitative estimate of drug-likeness (QED) is 0.713. The van der Waals surface area contributed by atoms with E-state index in [0.717, 1.165) is 49.8 Å². The van der Waals surface area contributed by atoms with Crippen molar-refractivity contribution in [2.45, 2.75) is 51.6 Å². The van der Waals surface area contributed by atoms with Crippen LogP contribution in [-0.2, 0) is 11.2 Å². The molecule has 1 aliphatic rings. The first-order valence-electron chi connectivity index (χ1n) is 8.20. The molecule has 2 rings (SSSR count). The van der Waals surface area contributed by atoms with E-state index in [1.54, 1.807) is 17.0 Å². The van der Waals surface area contributed by atoms with E-state index in [4.69, 9.17) is 5.73 Å². The molecule has 0 saturated carbocycles.